The van der Waals surface area contributed by atoms with E-state index in [0.29, 0.717) is 0 Å². The molecule has 0 radical (unpaired) electrons. The Kier molecular flexibility index (Phi) is 11.8. The Morgan fingerprint density at radius 3 is 2.36 bits per heavy atom. The Hall–Kier alpha value is -1.82. The van der Waals surface area contributed by atoms with Gasteiger partial charge in [0.2, 0.25) is 0 Å². The second-order valence-corrected chi connectivity index (χ2v) is 4.93. The molecule has 0 fully saturated rings. The van der Waals surface area contributed by atoms with Gasteiger partial charge in [-0.25, -0.2) is 0 Å². The van der Waals surface area contributed by atoms with Gasteiger partial charge in [-0.3, -0.25) is 14.5 Å². The summed E-state index contributed by atoms with van der Waals surface area (Å²) in [4.78, 5) is 24.3. The van der Waals surface area contributed by atoms with Crippen molar-refractivity contribution in [2.24, 2.45) is 0 Å². The van der Waals surface area contributed by atoms with Gasteiger partial charge in [-0.05, 0) is 20.3 Å². The molecule has 0 N–H and O–H groups in total. The van der Waals surface area contributed by atoms with Gasteiger partial charge in [0.1, 0.15) is 0 Å². The first-order chi connectivity index (χ1) is 10.5. The number of hydrogen-bond acceptors (Lipinski definition) is 5. The van der Waals surface area contributed by atoms with Crippen LogP contribution in [0.15, 0.2) is 36.4 Å². The predicted molar refractivity (Wildman–Crippen MR) is 89.6 cm³/mol. The molecule has 0 aromatic heterocycles. The zero-order valence-electron chi connectivity index (χ0n) is 14.0. The van der Waals surface area contributed by atoms with Crippen molar-refractivity contribution in [2.75, 3.05) is 27.2 Å². The summed E-state index contributed by atoms with van der Waals surface area (Å²) < 4.78 is 9.74. The Labute approximate surface area is 133 Å². The van der Waals surface area contributed by atoms with Gasteiger partial charge in [-0.15, -0.1) is 0 Å². The van der Waals surface area contributed by atoms with Crippen LogP contribution in [0.4, 0.5) is 0 Å². The quantitative estimate of drug-likeness (QED) is 0.352. The maximum absolute atomic E-state index is 11.7. The van der Waals surface area contributed by atoms with Crippen molar-refractivity contribution in [3.63, 3.8) is 0 Å². The van der Waals surface area contributed by atoms with Crippen molar-refractivity contribution in [1.82, 2.24) is 4.90 Å². The third-order valence-electron chi connectivity index (χ3n) is 2.65. The molecule has 0 aromatic carbocycles. The number of esters is 1. The van der Waals surface area contributed by atoms with Gasteiger partial charge < -0.3 is 9.39 Å². The molecule has 122 valence electrons. The number of rotatable bonds is 10. The molecule has 0 aliphatic carbocycles. The highest BCUT2D eigenvalue weighted by Gasteiger charge is 2.14. The molecule has 0 bridgehead atoms. The third kappa shape index (κ3) is 12.0. The average molecular weight is 307 g/mol. The predicted octanol–water partition coefficient (Wildman–Crippen LogP) is 2.26. The number of allylic oxidation sites excluding steroid dienone is 5. The summed E-state index contributed by atoms with van der Waals surface area (Å²) in [7, 11) is 2.97. The van der Waals surface area contributed by atoms with Crippen LogP contribution in [0.5, 0.6) is 0 Å². The Morgan fingerprint density at radius 1 is 1.09 bits per heavy atom. The lowest BCUT2D eigenvalue weighted by Crippen LogP contribution is -2.34. The van der Waals surface area contributed by atoms with Gasteiger partial charge in [0.15, 0.2) is 0 Å². The zero-order valence-corrected chi connectivity index (χ0v) is 14.0. The molecule has 0 spiro atoms. The van der Waals surface area contributed by atoms with Gasteiger partial charge in [0.05, 0.1) is 20.2 Å². The van der Waals surface area contributed by atoms with E-state index in [0.717, 1.165) is 12.8 Å². The van der Waals surface area contributed by atoms with Crippen LogP contribution >= 0.6 is 0 Å². The SMILES string of the molecule is CCC/C=C/C=C\C=C/B(C)OC(=O)CN(C)CC(=O)OC. The van der Waals surface area contributed by atoms with Crippen molar-refractivity contribution in [3.8, 4) is 0 Å². The summed E-state index contributed by atoms with van der Waals surface area (Å²) in [6.45, 7) is 3.71. The summed E-state index contributed by atoms with van der Waals surface area (Å²) in [5.41, 5.74) is 0. The van der Waals surface area contributed by atoms with Crippen molar-refractivity contribution >= 4 is 18.9 Å². The minimum Gasteiger partial charge on any atom is -0.531 e. The number of unbranched alkanes of at least 4 members (excludes halogenated alkanes) is 1. The minimum absolute atomic E-state index is 0.0445. The van der Waals surface area contributed by atoms with Crippen LogP contribution in [0.1, 0.15) is 19.8 Å². The molecule has 0 unspecified atom stereocenters. The summed E-state index contributed by atoms with van der Waals surface area (Å²) in [6, 6.07) is 0. The minimum atomic E-state index is -0.385. The molecule has 0 saturated carbocycles. The van der Waals surface area contributed by atoms with E-state index in [-0.39, 0.29) is 31.9 Å². The molecule has 0 aromatic rings. The summed E-state index contributed by atoms with van der Waals surface area (Å²) in [5.74, 6) is 1.03. The van der Waals surface area contributed by atoms with Crippen molar-refractivity contribution < 1.29 is 19.0 Å². The normalized spacial score (nSPS) is 11.7. The van der Waals surface area contributed by atoms with Crippen LogP contribution in [0.25, 0.3) is 0 Å². The fourth-order valence-electron chi connectivity index (χ4n) is 1.54. The monoisotopic (exact) mass is 307 g/mol. The fraction of sp³-hybridized carbons (Fsp3) is 0.500. The van der Waals surface area contributed by atoms with Crippen molar-refractivity contribution in [3.05, 3.63) is 36.4 Å². The van der Waals surface area contributed by atoms with E-state index >= 15 is 0 Å². The molecular weight excluding hydrogens is 281 g/mol. The average Bonchev–Trinajstić information content (AvgIpc) is 2.45. The smallest absolute Gasteiger partial charge is 0.384 e. The first kappa shape index (κ1) is 20.2. The van der Waals surface area contributed by atoms with Crippen LogP contribution < -0.4 is 0 Å². The molecule has 5 nitrogen and oxygen atoms in total. The maximum Gasteiger partial charge on any atom is 0.384 e. The Bertz CT molecular complexity index is 418. The van der Waals surface area contributed by atoms with E-state index in [2.05, 4.69) is 17.7 Å². The Balaban J connectivity index is 4.01. The molecule has 0 aliphatic heterocycles. The number of ether oxygens (including phenoxy) is 1. The zero-order chi connectivity index (χ0) is 16.8. The number of carbonyl (C=O) groups excluding carboxylic acids is 2. The molecule has 0 amide bonds. The van der Waals surface area contributed by atoms with E-state index in [4.69, 9.17) is 4.65 Å². The second-order valence-electron chi connectivity index (χ2n) is 4.93. The highest BCUT2D eigenvalue weighted by molar-refractivity contribution is 6.58. The van der Waals surface area contributed by atoms with Gasteiger partial charge in [0, 0.05) is 0 Å². The van der Waals surface area contributed by atoms with E-state index in [1.165, 1.54) is 7.11 Å². The number of nitrogens with zero attached hydrogens (tertiary/aromatic N) is 1. The lowest BCUT2D eigenvalue weighted by atomic mass is 9.71. The van der Waals surface area contributed by atoms with Crippen LogP contribution in [-0.4, -0.2) is 51.0 Å². The van der Waals surface area contributed by atoms with Crippen LogP contribution in [0, 0.1) is 0 Å². The van der Waals surface area contributed by atoms with E-state index in [1.807, 2.05) is 24.3 Å². The molecule has 22 heavy (non-hydrogen) atoms. The topological polar surface area (TPSA) is 55.8 Å². The number of hydrogen-bond donors (Lipinski definition) is 0. The Morgan fingerprint density at radius 2 is 1.73 bits per heavy atom. The number of likely N-dealkylation sites (N-methyl/N-ethyl adjacent to an activating group) is 1. The van der Waals surface area contributed by atoms with Gasteiger partial charge in [-0.2, -0.15) is 0 Å². The molecule has 6 heteroatoms. The highest BCUT2D eigenvalue weighted by Crippen LogP contribution is 1.94. The van der Waals surface area contributed by atoms with Crippen LogP contribution in [0.3, 0.4) is 0 Å². The van der Waals surface area contributed by atoms with Crippen LogP contribution in [-0.2, 0) is 19.0 Å². The standard InChI is InChI=1S/C16H26BNO4/c1-5-6-7-8-9-10-11-12-17(2)22-16(20)14-18(3)13-15(19)21-4/h7-12H,5-6,13-14H2,1-4H3/b8-7+,10-9-,12-11-. The lowest BCUT2D eigenvalue weighted by Gasteiger charge is -2.15. The summed E-state index contributed by atoms with van der Waals surface area (Å²) in [5, 5.41) is 0. The first-order valence-electron chi connectivity index (χ1n) is 7.44. The van der Waals surface area contributed by atoms with Crippen molar-refractivity contribution in [1.29, 1.82) is 0 Å². The second kappa shape index (κ2) is 12.9. The number of carbonyl (C=O) groups is 2. The van der Waals surface area contributed by atoms with E-state index < -0.39 is 0 Å². The number of methoxy groups -OCH3 is 1. The first-order valence-corrected chi connectivity index (χ1v) is 7.44. The lowest BCUT2D eigenvalue weighted by molar-refractivity contribution is -0.142. The highest BCUT2D eigenvalue weighted by atomic mass is 16.5. The molecule has 0 aliphatic rings. The van der Waals surface area contributed by atoms with Crippen molar-refractivity contribution in [2.45, 2.75) is 26.6 Å². The third-order valence-corrected chi connectivity index (χ3v) is 2.65. The molecule has 0 rings (SSSR count). The van der Waals surface area contributed by atoms with E-state index in [1.54, 1.807) is 24.7 Å². The van der Waals surface area contributed by atoms with Gasteiger partial charge in [0.25, 0.3) is 0 Å². The largest absolute Gasteiger partial charge is 0.531 e. The molecule has 0 heterocycles. The summed E-state index contributed by atoms with van der Waals surface area (Å²) >= 11 is 0. The molecular formula is C16H26BNO4. The molecule has 0 atom stereocenters. The van der Waals surface area contributed by atoms with Gasteiger partial charge >= 0.3 is 18.9 Å². The summed E-state index contributed by atoms with van der Waals surface area (Å²) in [6.07, 6.45) is 12.0. The van der Waals surface area contributed by atoms with Crippen LogP contribution in [0.2, 0.25) is 6.82 Å². The van der Waals surface area contributed by atoms with Gasteiger partial charge in [-0.1, -0.05) is 49.7 Å². The molecule has 0 saturated heterocycles. The maximum atomic E-state index is 11.7. The fourth-order valence-corrected chi connectivity index (χ4v) is 1.54. The van der Waals surface area contributed by atoms with E-state index in [9.17, 15) is 9.59 Å².